The number of benzene rings is 2. The zero-order chi connectivity index (χ0) is 24.2. The summed E-state index contributed by atoms with van der Waals surface area (Å²) in [7, 11) is 1.56. The number of hydrogen-bond acceptors (Lipinski definition) is 7. The van der Waals surface area contributed by atoms with Crippen LogP contribution in [0.3, 0.4) is 0 Å². The molecule has 0 radical (unpaired) electrons. The van der Waals surface area contributed by atoms with E-state index in [-0.39, 0.29) is 18.1 Å². The highest BCUT2D eigenvalue weighted by Crippen LogP contribution is 2.34. The van der Waals surface area contributed by atoms with Gasteiger partial charge in [-0.2, -0.15) is 9.61 Å². The molecule has 0 bridgehead atoms. The van der Waals surface area contributed by atoms with Crippen LogP contribution in [0.25, 0.3) is 4.96 Å². The highest BCUT2D eigenvalue weighted by atomic mass is 32.1. The normalized spacial score (nSPS) is 14.1. The van der Waals surface area contributed by atoms with Crippen molar-refractivity contribution in [2.45, 2.75) is 44.6 Å². The van der Waals surface area contributed by atoms with Gasteiger partial charge in [-0.15, -0.1) is 0 Å². The van der Waals surface area contributed by atoms with Crippen LogP contribution < -0.4 is 20.3 Å². The molecular weight excluding hydrogens is 464 g/mol. The lowest BCUT2D eigenvalue weighted by molar-refractivity contribution is 0.102. The van der Waals surface area contributed by atoms with E-state index in [1.54, 1.807) is 55.6 Å². The van der Waals surface area contributed by atoms with Gasteiger partial charge in [-0.1, -0.05) is 42.7 Å². The summed E-state index contributed by atoms with van der Waals surface area (Å²) < 4.78 is 12.5. The molecule has 1 amide bonds. The van der Waals surface area contributed by atoms with Gasteiger partial charge in [0.2, 0.25) is 4.96 Å². The van der Waals surface area contributed by atoms with Gasteiger partial charge >= 0.3 is 0 Å². The number of rotatable bonds is 7. The third kappa shape index (κ3) is 5.35. The number of nitrogens with one attached hydrogen (secondary N) is 1. The minimum absolute atomic E-state index is 0.135. The van der Waals surface area contributed by atoms with Gasteiger partial charge < -0.3 is 14.8 Å². The smallest absolute Gasteiger partial charge is 0.275 e. The fourth-order valence-corrected chi connectivity index (χ4v) is 5.34. The molecule has 35 heavy (non-hydrogen) atoms. The molecule has 2 aromatic heterocycles. The first-order chi connectivity index (χ1) is 17.1. The lowest BCUT2D eigenvalue weighted by Crippen LogP contribution is -2.17. The second-order valence-electron chi connectivity index (χ2n) is 8.56. The number of fused-ring (bicyclic) bond motifs is 1. The number of methoxy groups -OCH3 is 1. The van der Waals surface area contributed by atoms with Crippen molar-refractivity contribution in [2.24, 2.45) is 0 Å². The van der Waals surface area contributed by atoms with Gasteiger partial charge in [0.15, 0.2) is 0 Å². The van der Waals surface area contributed by atoms with Gasteiger partial charge in [0.25, 0.3) is 11.5 Å². The molecule has 0 spiro atoms. The van der Waals surface area contributed by atoms with Crippen LogP contribution in [0.1, 0.15) is 59.1 Å². The van der Waals surface area contributed by atoms with Crippen molar-refractivity contribution in [1.29, 1.82) is 0 Å². The van der Waals surface area contributed by atoms with Crippen molar-refractivity contribution in [3.8, 4) is 11.5 Å². The highest BCUT2D eigenvalue weighted by Gasteiger charge is 2.20. The summed E-state index contributed by atoms with van der Waals surface area (Å²) >= 11 is 1.49. The van der Waals surface area contributed by atoms with E-state index < -0.39 is 0 Å². The summed E-state index contributed by atoms with van der Waals surface area (Å²) in [6.07, 6.45) is 5.93. The fourth-order valence-electron chi connectivity index (χ4n) is 4.25. The van der Waals surface area contributed by atoms with Crippen LogP contribution in [-0.2, 0) is 6.61 Å². The molecule has 2 heterocycles. The second-order valence-corrected chi connectivity index (χ2v) is 9.55. The lowest BCUT2D eigenvalue weighted by Gasteiger charge is -2.18. The molecule has 9 heteroatoms. The Morgan fingerprint density at radius 2 is 1.89 bits per heavy atom. The number of carbonyl (C=O) groups is 1. The largest absolute Gasteiger partial charge is 0.497 e. The average Bonchev–Trinajstić information content (AvgIpc) is 3.33. The average molecular weight is 491 g/mol. The predicted octanol–water partition coefficient (Wildman–Crippen LogP) is 5.04. The van der Waals surface area contributed by atoms with E-state index in [2.05, 4.69) is 15.4 Å². The van der Waals surface area contributed by atoms with E-state index in [1.807, 2.05) is 0 Å². The van der Waals surface area contributed by atoms with Crippen LogP contribution in [0.15, 0.2) is 59.4 Å². The summed E-state index contributed by atoms with van der Waals surface area (Å²) in [4.78, 5) is 30.4. The molecule has 0 saturated heterocycles. The molecule has 1 N–H and O–H groups in total. The molecule has 1 aliphatic rings. The zero-order valence-corrected chi connectivity index (χ0v) is 20.2. The van der Waals surface area contributed by atoms with Gasteiger partial charge in [0.1, 0.15) is 23.1 Å². The maximum atomic E-state index is 12.6. The van der Waals surface area contributed by atoms with Crippen molar-refractivity contribution in [3.05, 3.63) is 81.2 Å². The summed E-state index contributed by atoms with van der Waals surface area (Å²) in [6.45, 7) is 0.135. The van der Waals surface area contributed by atoms with E-state index in [4.69, 9.17) is 9.47 Å². The molecule has 2 aromatic carbocycles. The number of nitrogens with zero attached hydrogens (tertiary/aromatic N) is 3. The number of carbonyl (C=O) groups excluding carboxylic acids is 1. The Bertz CT molecular complexity index is 1410. The third-order valence-corrected chi connectivity index (χ3v) is 7.15. The van der Waals surface area contributed by atoms with Gasteiger partial charge in [0.05, 0.1) is 12.8 Å². The van der Waals surface area contributed by atoms with Crippen molar-refractivity contribution in [1.82, 2.24) is 14.6 Å². The first kappa shape index (κ1) is 23.0. The Balaban J connectivity index is 1.27. The Morgan fingerprint density at radius 3 is 2.71 bits per heavy atom. The fraction of sp³-hybridized carbons (Fsp3) is 0.308. The molecule has 5 rings (SSSR count). The van der Waals surface area contributed by atoms with Crippen molar-refractivity contribution in [3.63, 3.8) is 0 Å². The maximum absolute atomic E-state index is 12.6. The lowest BCUT2D eigenvalue weighted by atomic mass is 9.90. The van der Waals surface area contributed by atoms with E-state index in [1.165, 1.54) is 41.2 Å². The molecule has 180 valence electrons. The Hall–Kier alpha value is -3.72. The van der Waals surface area contributed by atoms with Crippen LogP contribution in [0, 0.1) is 0 Å². The van der Waals surface area contributed by atoms with Crippen LogP contribution in [-0.4, -0.2) is 27.6 Å². The molecule has 1 aliphatic carbocycles. The Morgan fingerprint density at radius 1 is 1.09 bits per heavy atom. The summed E-state index contributed by atoms with van der Waals surface area (Å²) in [5.41, 5.74) is 1.43. The van der Waals surface area contributed by atoms with Crippen LogP contribution in [0.2, 0.25) is 0 Å². The van der Waals surface area contributed by atoms with Crippen LogP contribution >= 0.6 is 11.3 Å². The number of ether oxygens (including phenoxy) is 2. The molecule has 0 aliphatic heterocycles. The maximum Gasteiger partial charge on any atom is 0.275 e. The van der Waals surface area contributed by atoms with Gasteiger partial charge in [-0.25, -0.2) is 4.98 Å². The molecule has 0 atom stereocenters. The number of amides is 1. The predicted molar refractivity (Wildman–Crippen MR) is 135 cm³/mol. The molecule has 1 saturated carbocycles. The highest BCUT2D eigenvalue weighted by molar-refractivity contribution is 7.16. The quantitative estimate of drug-likeness (QED) is 0.390. The number of aromatic nitrogens is 3. The van der Waals surface area contributed by atoms with Gasteiger partial charge in [-0.3, -0.25) is 9.59 Å². The third-order valence-electron chi connectivity index (χ3n) is 6.08. The van der Waals surface area contributed by atoms with E-state index in [0.29, 0.717) is 39.3 Å². The van der Waals surface area contributed by atoms with E-state index in [0.717, 1.165) is 17.8 Å². The second kappa shape index (κ2) is 10.3. The first-order valence-corrected chi connectivity index (χ1v) is 12.5. The molecule has 4 aromatic rings. The van der Waals surface area contributed by atoms with Crippen molar-refractivity contribution < 1.29 is 14.3 Å². The Labute approximate surface area is 206 Å². The summed E-state index contributed by atoms with van der Waals surface area (Å²) in [5.74, 6) is 1.34. The topological polar surface area (TPSA) is 94.8 Å². The first-order valence-electron chi connectivity index (χ1n) is 11.7. The van der Waals surface area contributed by atoms with Crippen molar-refractivity contribution >= 4 is 27.9 Å². The van der Waals surface area contributed by atoms with E-state index >= 15 is 0 Å². The van der Waals surface area contributed by atoms with E-state index in [9.17, 15) is 9.59 Å². The minimum atomic E-state index is -0.250. The SMILES string of the molecule is COc1cccc(C(=O)Nc2cccc(OCc3cc(=O)n4nc(C5CCCCC5)sc4n3)c2)c1. The zero-order valence-electron chi connectivity index (χ0n) is 19.4. The molecular formula is C26H26N4O4S. The Kier molecular flexibility index (Phi) is 6.76. The van der Waals surface area contributed by atoms with Crippen LogP contribution in [0.5, 0.6) is 11.5 Å². The molecule has 1 fully saturated rings. The van der Waals surface area contributed by atoms with Gasteiger partial charge in [0, 0.05) is 29.3 Å². The summed E-state index contributed by atoms with van der Waals surface area (Å²) in [5, 5.41) is 8.40. The number of hydrogen-bond donors (Lipinski definition) is 1. The standard InChI is InChI=1S/C26H26N4O4S/c1-33-21-11-5-9-18(13-21)24(32)27-19-10-6-12-22(14-19)34-16-20-15-23(31)30-26(28-20)35-25(29-30)17-7-3-2-4-8-17/h5-6,9-15,17H,2-4,7-8,16H2,1H3,(H,27,32). The summed E-state index contributed by atoms with van der Waals surface area (Å²) in [6, 6.07) is 15.5. The number of anilines is 1. The van der Waals surface area contributed by atoms with Crippen LogP contribution in [0.4, 0.5) is 5.69 Å². The minimum Gasteiger partial charge on any atom is -0.497 e. The van der Waals surface area contributed by atoms with Crippen molar-refractivity contribution in [2.75, 3.05) is 12.4 Å². The molecule has 0 unspecified atom stereocenters. The molecule has 8 nitrogen and oxygen atoms in total. The van der Waals surface area contributed by atoms with Gasteiger partial charge in [-0.05, 0) is 43.2 Å². The monoisotopic (exact) mass is 490 g/mol.